The zero-order valence-electron chi connectivity index (χ0n) is 13.2. The Kier molecular flexibility index (Phi) is 5.40. The average Bonchev–Trinajstić information content (AvgIpc) is 2.48. The molecular formula is C18H27NO2. The zero-order chi connectivity index (χ0) is 15.3. The zero-order valence-corrected chi connectivity index (χ0v) is 13.2. The number of nitrogens with two attached hydrogens (primary N) is 1. The van der Waals surface area contributed by atoms with Gasteiger partial charge in [0.1, 0.15) is 6.10 Å². The van der Waals surface area contributed by atoms with Crippen LogP contribution in [0.3, 0.4) is 0 Å². The minimum Gasteiger partial charge on any atom is -0.462 e. The molecule has 1 aromatic rings. The molecule has 1 fully saturated rings. The van der Waals surface area contributed by atoms with Crippen LogP contribution in [0.25, 0.3) is 0 Å². The molecule has 3 nitrogen and oxygen atoms in total. The second-order valence-corrected chi connectivity index (χ2v) is 6.91. The van der Waals surface area contributed by atoms with Crippen molar-refractivity contribution in [2.75, 3.05) is 0 Å². The SMILES string of the molecule is CC1(C)CCC(OC(=O)CCC(N)c2ccccc2)CC1. The maximum absolute atomic E-state index is 11.9. The van der Waals surface area contributed by atoms with Gasteiger partial charge in [-0.1, -0.05) is 44.2 Å². The Morgan fingerprint density at radius 1 is 1.29 bits per heavy atom. The molecule has 1 aromatic carbocycles. The van der Waals surface area contributed by atoms with Gasteiger partial charge >= 0.3 is 5.97 Å². The summed E-state index contributed by atoms with van der Waals surface area (Å²) >= 11 is 0. The lowest BCUT2D eigenvalue weighted by atomic mass is 9.76. The van der Waals surface area contributed by atoms with Crippen molar-refractivity contribution in [1.82, 2.24) is 0 Å². The molecule has 1 unspecified atom stereocenters. The number of esters is 1. The second kappa shape index (κ2) is 7.08. The van der Waals surface area contributed by atoms with Crippen LogP contribution < -0.4 is 5.73 Å². The van der Waals surface area contributed by atoms with Crippen LogP contribution in [0.4, 0.5) is 0 Å². The largest absolute Gasteiger partial charge is 0.462 e. The molecule has 1 atom stereocenters. The minimum atomic E-state index is -0.105. The molecule has 0 bridgehead atoms. The van der Waals surface area contributed by atoms with Crippen LogP contribution >= 0.6 is 0 Å². The van der Waals surface area contributed by atoms with Gasteiger partial charge in [-0.3, -0.25) is 4.79 Å². The third kappa shape index (κ3) is 5.16. The first-order valence-corrected chi connectivity index (χ1v) is 7.96. The first kappa shape index (κ1) is 16.0. The Bertz CT molecular complexity index is 446. The van der Waals surface area contributed by atoms with E-state index in [2.05, 4.69) is 13.8 Å². The summed E-state index contributed by atoms with van der Waals surface area (Å²) in [5.74, 6) is -0.105. The molecule has 2 rings (SSSR count). The van der Waals surface area contributed by atoms with Gasteiger partial charge in [-0.2, -0.15) is 0 Å². The van der Waals surface area contributed by atoms with Crippen LogP contribution in [-0.4, -0.2) is 12.1 Å². The molecule has 1 aliphatic carbocycles. The van der Waals surface area contributed by atoms with E-state index in [0.717, 1.165) is 31.2 Å². The topological polar surface area (TPSA) is 52.3 Å². The molecular weight excluding hydrogens is 262 g/mol. The highest BCUT2D eigenvalue weighted by molar-refractivity contribution is 5.69. The van der Waals surface area contributed by atoms with Crippen LogP contribution in [0, 0.1) is 5.41 Å². The molecule has 3 heteroatoms. The lowest BCUT2D eigenvalue weighted by molar-refractivity contribution is -0.151. The Hall–Kier alpha value is -1.35. The van der Waals surface area contributed by atoms with Gasteiger partial charge in [0.15, 0.2) is 0 Å². The van der Waals surface area contributed by atoms with Crippen molar-refractivity contribution in [3.8, 4) is 0 Å². The van der Waals surface area contributed by atoms with Crippen molar-refractivity contribution in [2.45, 2.75) is 64.5 Å². The number of ether oxygens (including phenoxy) is 1. The smallest absolute Gasteiger partial charge is 0.306 e. The van der Waals surface area contributed by atoms with Gasteiger partial charge in [0.2, 0.25) is 0 Å². The second-order valence-electron chi connectivity index (χ2n) is 6.91. The summed E-state index contributed by atoms with van der Waals surface area (Å²) in [6.07, 6.45) is 5.39. The van der Waals surface area contributed by atoms with Crippen LogP contribution in [0.1, 0.15) is 64.0 Å². The third-order valence-electron chi connectivity index (χ3n) is 4.47. The number of hydrogen-bond donors (Lipinski definition) is 1. The van der Waals surface area contributed by atoms with Crippen molar-refractivity contribution in [1.29, 1.82) is 0 Å². The predicted octanol–water partition coefficient (Wildman–Crippen LogP) is 3.98. The van der Waals surface area contributed by atoms with Crippen molar-refractivity contribution >= 4 is 5.97 Å². The lowest BCUT2D eigenvalue weighted by Crippen LogP contribution is -2.28. The molecule has 0 radical (unpaired) electrons. The Morgan fingerprint density at radius 2 is 1.90 bits per heavy atom. The van der Waals surface area contributed by atoms with Crippen LogP contribution in [0.15, 0.2) is 30.3 Å². The maximum Gasteiger partial charge on any atom is 0.306 e. The van der Waals surface area contributed by atoms with Crippen LogP contribution in [0.2, 0.25) is 0 Å². The Labute approximate surface area is 127 Å². The number of hydrogen-bond acceptors (Lipinski definition) is 3. The highest BCUT2D eigenvalue weighted by Crippen LogP contribution is 2.36. The number of carbonyl (C=O) groups excluding carboxylic acids is 1. The fourth-order valence-corrected chi connectivity index (χ4v) is 2.88. The van der Waals surface area contributed by atoms with Crippen molar-refractivity contribution < 1.29 is 9.53 Å². The molecule has 1 saturated carbocycles. The molecule has 0 aliphatic heterocycles. The van der Waals surface area contributed by atoms with E-state index in [9.17, 15) is 4.79 Å². The molecule has 1 aliphatic rings. The van der Waals surface area contributed by atoms with E-state index in [1.165, 1.54) is 0 Å². The third-order valence-corrected chi connectivity index (χ3v) is 4.47. The molecule has 0 spiro atoms. The van der Waals surface area contributed by atoms with E-state index in [1.54, 1.807) is 0 Å². The number of benzene rings is 1. The maximum atomic E-state index is 11.9. The first-order valence-electron chi connectivity index (χ1n) is 7.96. The Morgan fingerprint density at radius 3 is 2.52 bits per heavy atom. The summed E-state index contributed by atoms with van der Waals surface area (Å²) in [5, 5.41) is 0. The summed E-state index contributed by atoms with van der Waals surface area (Å²) in [6.45, 7) is 4.56. The van der Waals surface area contributed by atoms with Crippen LogP contribution in [0.5, 0.6) is 0 Å². The van der Waals surface area contributed by atoms with Gasteiger partial charge < -0.3 is 10.5 Å². The van der Waals surface area contributed by atoms with E-state index in [-0.39, 0.29) is 18.1 Å². The summed E-state index contributed by atoms with van der Waals surface area (Å²) in [6, 6.07) is 9.81. The minimum absolute atomic E-state index is 0.0935. The van der Waals surface area contributed by atoms with Crippen molar-refractivity contribution in [2.24, 2.45) is 11.1 Å². The highest BCUT2D eigenvalue weighted by atomic mass is 16.5. The van der Waals surface area contributed by atoms with Gasteiger partial charge in [-0.05, 0) is 43.1 Å². The predicted molar refractivity (Wildman–Crippen MR) is 84.7 cm³/mol. The summed E-state index contributed by atoms with van der Waals surface area (Å²) in [5.41, 5.74) is 7.58. The summed E-state index contributed by atoms with van der Waals surface area (Å²) in [4.78, 5) is 11.9. The highest BCUT2D eigenvalue weighted by Gasteiger charge is 2.28. The molecule has 0 heterocycles. The lowest BCUT2D eigenvalue weighted by Gasteiger charge is -2.33. The summed E-state index contributed by atoms with van der Waals surface area (Å²) in [7, 11) is 0. The van der Waals surface area contributed by atoms with Gasteiger partial charge in [0, 0.05) is 12.5 Å². The first-order chi connectivity index (χ1) is 9.96. The fourth-order valence-electron chi connectivity index (χ4n) is 2.88. The molecule has 0 aromatic heterocycles. The van der Waals surface area contributed by atoms with Gasteiger partial charge in [0.25, 0.3) is 0 Å². The van der Waals surface area contributed by atoms with Gasteiger partial charge in [-0.15, -0.1) is 0 Å². The van der Waals surface area contributed by atoms with E-state index in [4.69, 9.17) is 10.5 Å². The normalized spacial score (nSPS) is 20.0. The average molecular weight is 289 g/mol. The van der Waals surface area contributed by atoms with Crippen molar-refractivity contribution in [3.63, 3.8) is 0 Å². The molecule has 0 saturated heterocycles. The molecule has 21 heavy (non-hydrogen) atoms. The standard InChI is InChI=1S/C18H27NO2/c1-18(2)12-10-15(11-13-18)21-17(20)9-8-16(19)14-6-4-3-5-7-14/h3-7,15-16H,8-13,19H2,1-2H3. The number of rotatable bonds is 5. The fraction of sp³-hybridized carbons (Fsp3) is 0.611. The molecule has 2 N–H and O–H groups in total. The van der Waals surface area contributed by atoms with Crippen LogP contribution in [-0.2, 0) is 9.53 Å². The van der Waals surface area contributed by atoms with Gasteiger partial charge in [-0.25, -0.2) is 0 Å². The van der Waals surface area contributed by atoms with E-state index in [1.807, 2.05) is 30.3 Å². The summed E-state index contributed by atoms with van der Waals surface area (Å²) < 4.78 is 5.58. The number of carbonyl (C=O) groups is 1. The van der Waals surface area contributed by atoms with E-state index in [0.29, 0.717) is 18.3 Å². The quantitative estimate of drug-likeness (QED) is 0.834. The monoisotopic (exact) mass is 289 g/mol. The van der Waals surface area contributed by atoms with Gasteiger partial charge in [0.05, 0.1) is 0 Å². The van der Waals surface area contributed by atoms with Crippen molar-refractivity contribution in [3.05, 3.63) is 35.9 Å². The molecule has 0 amide bonds. The van der Waals surface area contributed by atoms with E-state index >= 15 is 0 Å². The van der Waals surface area contributed by atoms with E-state index < -0.39 is 0 Å². The molecule has 116 valence electrons. The Balaban J connectivity index is 1.71.